The van der Waals surface area contributed by atoms with Crippen molar-refractivity contribution in [1.29, 1.82) is 0 Å². The van der Waals surface area contributed by atoms with Gasteiger partial charge in [-0.3, -0.25) is 5.10 Å². The average Bonchev–Trinajstić information content (AvgIpc) is 2.78. The highest BCUT2D eigenvalue weighted by Gasteiger charge is 2.27. The largest absolute Gasteiger partial charge is 0.399 e. The van der Waals surface area contributed by atoms with Gasteiger partial charge in [0.15, 0.2) is 4.90 Å². The first-order chi connectivity index (χ1) is 9.31. The van der Waals surface area contributed by atoms with Gasteiger partial charge in [-0.15, -0.1) is 0 Å². The van der Waals surface area contributed by atoms with E-state index in [2.05, 4.69) is 19.9 Å². The Balaban J connectivity index is 2.37. The number of nitrogen functional groups attached to an aromatic ring is 1. The predicted molar refractivity (Wildman–Crippen MR) is 65.9 cm³/mol. The van der Waals surface area contributed by atoms with Crippen molar-refractivity contribution in [3.8, 4) is 0 Å². The van der Waals surface area contributed by atoms with Gasteiger partial charge in [0.05, 0.1) is 6.04 Å². The van der Waals surface area contributed by atoms with Crippen LogP contribution in [0.25, 0.3) is 0 Å². The summed E-state index contributed by atoms with van der Waals surface area (Å²) in [7, 11) is -4.41. The van der Waals surface area contributed by atoms with Crippen molar-refractivity contribution in [1.82, 2.24) is 19.9 Å². The SMILES string of the molecule is CC(NS(=O)(=O)c1c(F)cc(N)cc1F)c1ncn[nH]1. The average molecular weight is 303 g/mol. The van der Waals surface area contributed by atoms with Crippen LogP contribution in [0.1, 0.15) is 18.8 Å². The van der Waals surface area contributed by atoms with Gasteiger partial charge in [-0.05, 0) is 19.1 Å². The second kappa shape index (κ2) is 5.13. The molecule has 0 aliphatic rings. The van der Waals surface area contributed by atoms with Gasteiger partial charge in [-0.1, -0.05) is 0 Å². The van der Waals surface area contributed by atoms with Crippen molar-refractivity contribution in [2.24, 2.45) is 0 Å². The van der Waals surface area contributed by atoms with E-state index in [4.69, 9.17) is 5.73 Å². The van der Waals surface area contributed by atoms with E-state index in [0.717, 1.165) is 12.1 Å². The number of hydrogen-bond donors (Lipinski definition) is 3. The summed E-state index contributed by atoms with van der Waals surface area (Å²) in [5.74, 6) is -2.32. The Morgan fingerprint density at radius 3 is 2.45 bits per heavy atom. The van der Waals surface area contributed by atoms with Crippen LogP contribution in [-0.4, -0.2) is 23.6 Å². The minimum absolute atomic E-state index is 0.206. The molecule has 0 aliphatic heterocycles. The molecule has 7 nitrogen and oxygen atoms in total. The lowest BCUT2D eigenvalue weighted by Crippen LogP contribution is -2.29. The lowest BCUT2D eigenvalue weighted by Gasteiger charge is -2.13. The Kier molecular flexibility index (Phi) is 3.68. The highest BCUT2D eigenvalue weighted by Crippen LogP contribution is 2.23. The Morgan fingerprint density at radius 1 is 1.35 bits per heavy atom. The van der Waals surface area contributed by atoms with Gasteiger partial charge in [-0.25, -0.2) is 26.9 Å². The molecule has 1 aromatic carbocycles. The Hall–Kier alpha value is -2.07. The number of hydrogen-bond acceptors (Lipinski definition) is 5. The molecule has 4 N–H and O–H groups in total. The first-order valence-electron chi connectivity index (χ1n) is 5.43. The number of aromatic amines is 1. The molecule has 2 aromatic rings. The van der Waals surface area contributed by atoms with Gasteiger partial charge in [0.2, 0.25) is 10.0 Å². The topological polar surface area (TPSA) is 114 Å². The number of anilines is 1. The molecule has 0 bridgehead atoms. The molecule has 2 rings (SSSR count). The van der Waals surface area contributed by atoms with E-state index >= 15 is 0 Å². The van der Waals surface area contributed by atoms with Crippen LogP contribution in [0.15, 0.2) is 23.4 Å². The van der Waals surface area contributed by atoms with E-state index in [0.29, 0.717) is 0 Å². The number of halogens is 2. The Labute approximate surface area is 113 Å². The molecule has 0 aliphatic carbocycles. The zero-order valence-corrected chi connectivity index (χ0v) is 11.1. The fraction of sp³-hybridized carbons (Fsp3) is 0.200. The smallest absolute Gasteiger partial charge is 0.247 e. The summed E-state index contributed by atoms with van der Waals surface area (Å²) >= 11 is 0. The van der Waals surface area contributed by atoms with E-state index in [1.807, 2.05) is 0 Å². The maximum Gasteiger partial charge on any atom is 0.247 e. The summed E-state index contributed by atoms with van der Waals surface area (Å²) in [6.07, 6.45) is 1.19. The highest BCUT2D eigenvalue weighted by atomic mass is 32.2. The molecule has 20 heavy (non-hydrogen) atoms. The molecular weight excluding hydrogens is 292 g/mol. The normalized spacial score (nSPS) is 13.3. The zero-order chi connectivity index (χ0) is 14.9. The first kappa shape index (κ1) is 14.3. The van der Waals surface area contributed by atoms with Gasteiger partial charge >= 0.3 is 0 Å². The second-order valence-electron chi connectivity index (χ2n) is 4.03. The van der Waals surface area contributed by atoms with E-state index in [-0.39, 0.29) is 11.5 Å². The standard InChI is InChI=1S/C10H11F2N5O2S/c1-5(10-14-4-15-16-10)17-20(18,19)9-7(11)2-6(13)3-8(9)12/h2-5,17H,13H2,1H3,(H,14,15,16). The quantitative estimate of drug-likeness (QED) is 0.720. The second-order valence-corrected chi connectivity index (χ2v) is 5.68. The van der Waals surface area contributed by atoms with Gasteiger partial charge in [0.25, 0.3) is 0 Å². The predicted octanol–water partition coefficient (Wildman–Crippen LogP) is 0.705. The minimum Gasteiger partial charge on any atom is -0.399 e. The Bertz CT molecular complexity index is 694. The van der Waals surface area contributed by atoms with Crippen LogP contribution in [0.2, 0.25) is 0 Å². The van der Waals surface area contributed by atoms with Crippen molar-refractivity contribution >= 4 is 15.7 Å². The summed E-state index contributed by atoms with van der Waals surface area (Å²) in [4.78, 5) is 2.67. The number of aromatic nitrogens is 3. The van der Waals surface area contributed by atoms with Gasteiger partial charge in [-0.2, -0.15) is 5.10 Å². The maximum absolute atomic E-state index is 13.6. The Morgan fingerprint density at radius 2 is 1.95 bits per heavy atom. The van der Waals surface area contributed by atoms with Crippen LogP contribution in [-0.2, 0) is 10.0 Å². The molecule has 0 saturated heterocycles. The summed E-state index contributed by atoms with van der Waals surface area (Å²) in [5, 5.41) is 6.01. The van der Waals surface area contributed by atoms with Crippen LogP contribution < -0.4 is 10.5 Å². The zero-order valence-electron chi connectivity index (χ0n) is 10.3. The van der Waals surface area contributed by atoms with Crippen LogP contribution in [0.3, 0.4) is 0 Å². The molecule has 10 heteroatoms. The van der Waals surface area contributed by atoms with Crippen molar-refractivity contribution in [3.05, 3.63) is 35.9 Å². The number of sulfonamides is 1. The van der Waals surface area contributed by atoms with Crippen molar-refractivity contribution in [2.75, 3.05) is 5.73 Å². The lowest BCUT2D eigenvalue weighted by molar-refractivity contribution is 0.508. The van der Waals surface area contributed by atoms with Gasteiger partial charge in [0, 0.05) is 5.69 Å². The number of H-pyrrole nitrogens is 1. The van der Waals surface area contributed by atoms with E-state index < -0.39 is 32.6 Å². The number of nitrogens with one attached hydrogen (secondary N) is 2. The van der Waals surface area contributed by atoms with E-state index in [1.165, 1.54) is 13.3 Å². The first-order valence-corrected chi connectivity index (χ1v) is 6.91. The fourth-order valence-electron chi connectivity index (χ4n) is 1.61. The van der Waals surface area contributed by atoms with Crippen molar-refractivity contribution in [2.45, 2.75) is 17.9 Å². The van der Waals surface area contributed by atoms with Crippen LogP contribution in [0.4, 0.5) is 14.5 Å². The third kappa shape index (κ3) is 2.75. The maximum atomic E-state index is 13.6. The van der Waals surface area contributed by atoms with Crippen LogP contribution in [0.5, 0.6) is 0 Å². The molecule has 0 fully saturated rings. The molecule has 0 saturated carbocycles. The monoisotopic (exact) mass is 303 g/mol. The molecule has 108 valence electrons. The summed E-state index contributed by atoms with van der Waals surface area (Å²) in [6, 6.07) is 0.631. The molecule has 1 heterocycles. The molecule has 0 radical (unpaired) electrons. The summed E-state index contributed by atoms with van der Waals surface area (Å²) in [6.45, 7) is 1.45. The number of benzene rings is 1. The third-order valence-electron chi connectivity index (χ3n) is 2.47. The van der Waals surface area contributed by atoms with E-state index in [9.17, 15) is 17.2 Å². The van der Waals surface area contributed by atoms with Crippen molar-refractivity contribution in [3.63, 3.8) is 0 Å². The van der Waals surface area contributed by atoms with Gasteiger partial charge < -0.3 is 5.73 Å². The molecule has 0 amide bonds. The van der Waals surface area contributed by atoms with Crippen LogP contribution >= 0.6 is 0 Å². The minimum atomic E-state index is -4.41. The molecule has 0 spiro atoms. The number of nitrogens with zero attached hydrogens (tertiary/aromatic N) is 2. The number of nitrogens with two attached hydrogens (primary N) is 1. The van der Waals surface area contributed by atoms with Crippen LogP contribution in [0, 0.1) is 11.6 Å². The lowest BCUT2D eigenvalue weighted by atomic mass is 10.3. The highest BCUT2D eigenvalue weighted by molar-refractivity contribution is 7.89. The number of rotatable bonds is 4. The third-order valence-corrected chi connectivity index (χ3v) is 4.06. The fourth-order valence-corrected chi connectivity index (χ4v) is 2.93. The van der Waals surface area contributed by atoms with E-state index in [1.54, 1.807) is 0 Å². The van der Waals surface area contributed by atoms with Crippen molar-refractivity contribution < 1.29 is 17.2 Å². The van der Waals surface area contributed by atoms with Gasteiger partial charge in [0.1, 0.15) is 23.8 Å². The molecular formula is C10H11F2N5O2S. The summed E-state index contributed by atoms with van der Waals surface area (Å²) < 4.78 is 53.3. The molecule has 1 unspecified atom stereocenters. The molecule has 1 aromatic heterocycles. The molecule has 1 atom stereocenters. The summed E-state index contributed by atoms with van der Waals surface area (Å²) in [5.41, 5.74) is 5.03.